The standard InChI is InChI=1S/C16H24N4O4S/c1-3-5-6-19-7-9-20(10-8-19)25(21,22)15-11-13(12-23-15)16-18-17-14(4-2)24-16/h11-12H,3-10H2,1-2H3. The van der Waals surface area contributed by atoms with E-state index in [4.69, 9.17) is 8.83 Å². The summed E-state index contributed by atoms with van der Waals surface area (Å²) in [6.45, 7) is 7.52. The maximum Gasteiger partial charge on any atom is 0.276 e. The van der Waals surface area contributed by atoms with Crippen LogP contribution in [-0.2, 0) is 16.4 Å². The Labute approximate surface area is 147 Å². The third kappa shape index (κ3) is 3.94. The van der Waals surface area contributed by atoms with Crippen LogP contribution in [0.5, 0.6) is 0 Å². The largest absolute Gasteiger partial charge is 0.451 e. The van der Waals surface area contributed by atoms with E-state index in [-0.39, 0.29) is 11.0 Å². The summed E-state index contributed by atoms with van der Waals surface area (Å²) in [6.07, 6.45) is 4.25. The zero-order valence-corrected chi connectivity index (χ0v) is 15.5. The first-order valence-electron chi connectivity index (χ1n) is 8.68. The van der Waals surface area contributed by atoms with E-state index in [1.54, 1.807) is 0 Å². The number of hydrogen-bond acceptors (Lipinski definition) is 7. The molecule has 0 atom stereocenters. The number of aromatic nitrogens is 2. The van der Waals surface area contributed by atoms with Gasteiger partial charge in [0.05, 0.1) is 5.56 Å². The number of rotatable bonds is 7. The number of aryl methyl sites for hydroxylation is 1. The molecular weight excluding hydrogens is 344 g/mol. The third-order valence-corrected chi connectivity index (χ3v) is 6.11. The first-order chi connectivity index (χ1) is 12.0. The van der Waals surface area contributed by atoms with E-state index in [2.05, 4.69) is 22.0 Å². The Morgan fingerprint density at radius 1 is 1.16 bits per heavy atom. The van der Waals surface area contributed by atoms with E-state index in [1.165, 1.54) is 16.6 Å². The molecule has 0 unspecified atom stereocenters. The average molecular weight is 368 g/mol. The third-order valence-electron chi connectivity index (χ3n) is 4.34. The fraction of sp³-hybridized carbons (Fsp3) is 0.625. The zero-order chi connectivity index (χ0) is 17.9. The van der Waals surface area contributed by atoms with E-state index in [1.807, 2.05) is 6.92 Å². The molecule has 0 bridgehead atoms. The molecule has 0 aromatic carbocycles. The van der Waals surface area contributed by atoms with Gasteiger partial charge in [-0.3, -0.25) is 0 Å². The fourth-order valence-corrected chi connectivity index (χ4v) is 4.12. The van der Waals surface area contributed by atoms with Crippen LogP contribution in [0, 0.1) is 0 Å². The van der Waals surface area contributed by atoms with Crippen molar-refractivity contribution >= 4 is 10.0 Å². The lowest BCUT2D eigenvalue weighted by Gasteiger charge is -2.33. The summed E-state index contributed by atoms with van der Waals surface area (Å²) in [5, 5.41) is 7.71. The molecule has 2 aromatic rings. The van der Waals surface area contributed by atoms with E-state index in [9.17, 15) is 8.42 Å². The van der Waals surface area contributed by atoms with Crippen molar-refractivity contribution in [3.63, 3.8) is 0 Å². The summed E-state index contributed by atoms with van der Waals surface area (Å²) in [6, 6.07) is 1.45. The second-order valence-electron chi connectivity index (χ2n) is 6.11. The molecule has 1 saturated heterocycles. The highest BCUT2D eigenvalue weighted by molar-refractivity contribution is 7.89. The van der Waals surface area contributed by atoms with Crippen LogP contribution in [-0.4, -0.2) is 60.5 Å². The Balaban J connectivity index is 1.69. The molecule has 3 heterocycles. The Hall–Kier alpha value is -1.71. The molecule has 9 heteroatoms. The Kier molecular flexibility index (Phi) is 5.55. The highest BCUT2D eigenvalue weighted by atomic mass is 32.2. The highest BCUT2D eigenvalue weighted by Crippen LogP contribution is 2.26. The normalized spacial score (nSPS) is 17.2. The van der Waals surface area contributed by atoms with Crippen molar-refractivity contribution in [2.75, 3.05) is 32.7 Å². The predicted molar refractivity (Wildman–Crippen MR) is 91.5 cm³/mol. The van der Waals surface area contributed by atoms with Gasteiger partial charge in [-0.05, 0) is 13.0 Å². The van der Waals surface area contributed by atoms with Crippen LogP contribution in [0.1, 0.15) is 32.6 Å². The molecule has 0 aliphatic carbocycles. The van der Waals surface area contributed by atoms with Crippen molar-refractivity contribution in [1.82, 2.24) is 19.4 Å². The van der Waals surface area contributed by atoms with Crippen LogP contribution in [0.4, 0.5) is 0 Å². The molecule has 1 aliphatic rings. The van der Waals surface area contributed by atoms with Crippen molar-refractivity contribution in [2.24, 2.45) is 0 Å². The zero-order valence-electron chi connectivity index (χ0n) is 14.6. The second kappa shape index (κ2) is 7.67. The van der Waals surface area contributed by atoms with Gasteiger partial charge in [0.15, 0.2) is 0 Å². The van der Waals surface area contributed by atoms with Gasteiger partial charge >= 0.3 is 0 Å². The molecule has 0 radical (unpaired) electrons. The topological polar surface area (TPSA) is 92.7 Å². The quantitative estimate of drug-likeness (QED) is 0.738. The van der Waals surface area contributed by atoms with E-state index in [0.717, 1.165) is 32.5 Å². The summed E-state index contributed by atoms with van der Waals surface area (Å²) in [7, 11) is -3.64. The molecule has 8 nitrogen and oxygen atoms in total. The smallest absolute Gasteiger partial charge is 0.276 e. The van der Waals surface area contributed by atoms with Crippen LogP contribution < -0.4 is 0 Å². The van der Waals surface area contributed by atoms with Gasteiger partial charge < -0.3 is 13.7 Å². The van der Waals surface area contributed by atoms with E-state index in [0.29, 0.717) is 31.0 Å². The number of nitrogens with zero attached hydrogens (tertiary/aromatic N) is 4. The summed E-state index contributed by atoms with van der Waals surface area (Å²) in [4.78, 5) is 2.30. The van der Waals surface area contributed by atoms with Gasteiger partial charge in [0, 0.05) is 38.7 Å². The van der Waals surface area contributed by atoms with E-state index < -0.39 is 10.0 Å². The Morgan fingerprint density at radius 3 is 2.56 bits per heavy atom. The van der Waals surface area contributed by atoms with Crippen molar-refractivity contribution in [3.05, 3.63) is 18.2 Å². The van der Waals surface area contributed by atoms with Gasteiger partial charge in [0.1, 0.15) is 6.26 Å². The van der Waals surface area contributed by atoms with Crippen LogP contribution in [0.3, 0.4) is 0 Å². The van der Waals surface area contributed by atoms with Crippen LogP contribution >= 0.6 is 0 Å². The SMILES string of the molecule is CCCCN1CCN(S(=O)(=O)c2cc(-c3nnc(CC)o3)co2)CC1. The van der Waals surface area contributed by atoms with Gasteiger partial charge in [0.25, 0.3) is 15.9 Å². The van der Waals surface area contributed by atoms with Crippen LogP contribution in [0.25, 0.3) is 11.5 Å². The van der Waals surface area contributed by atoms with Crippen molar-refractivity contribution in [2.45, 2.75) is 38.2 Å². The Morgan fingerprint density at radius 2 is 1.92 bits per heavy atom. The number of hydrogen-bond donors (Lipinski definition) is 0. The van der Waals surface area contributed by atoms with E-state index >= 15 is 0 Å². The first-order valence-corrected chi connectivity index (χ1v) is 10.1. The number of piperazine rings is 1. The molecule has 0 saturated carbocycles. The summed E-state index contributed by atoms with van der Waals surface area (Å²) in [5.74, 6) is 0.773. The minimum atomic E-state index is -3.64. The minimum Gasteiger partial charge on any atom is -0.451 e. The lowest BCUT2D eigenvalue weighted by atomic mass is 10.3. The van der Waals surface area contributed by atoms with Gasteiger partial charge in [-0.1, -0.05) is 20.3 Å². The minimum absolute atomic E-state index is 0.0826. The maximum absolute atomic E-state index is 12.8. The Bertz CT molecular complexity index is 791. The molecular formula is C16H24N4O4S. The molecule has 3 rings (SSSR count). The molecule has 0 N–H and O–H groups in total. The number of sulfonamides is 1. The molecule has 0 amide bonds. The van der Waals surface area contributed by atoms with Crippen molar-refractivity contribution in [1.29, 1.82) is 0 Å². The lowest BCUT2D eigenvalue weighted by molar-refractivity contribution is 0.184. The summed E-state index contributed by atoms with van der Waals surface area (Å²) in [5.41, 5.74) is 0.479. The molecule has 1 aliphatic heterocycles. The second-order valence-corrected chi connectivity index (χ2v) is 7.98. The van der Waals surface area contributed by atoms with Crippen LogP contribution in [0.2, 0.25) is 0 Å². The number of furan rings is 1. The predicted octanol–water partition coefficient (Wildman–Crippen LogP) is 2.00. The highest BCUT2D eigenvalue weighted by Gasteiger charge is 2.31. The van der Waals surface area contributed by atoms with Crippen LogP contribution in [0.15, 0.2) is 26.3 Å². The molecule has 1 fully saturated rings. The van der Waals surface area contributed by atoms with Gasteiger partial charge in [-0.15, -0.1) is 10.2 Å². The average Bonchev–Trinajstić information content (AvgIpc) is 3.29. The molecule has 2 aromatic heterocycles. The van der Waals surface area contributed by atoms with Gasteiger partial charge in [0.2, 0.25) is 11.0 Å². The molecule has 25 heavy (non-hydrogen) atoms. The first kappa shape index (κ1) is 18.1. The number of unbranched alkanes of at least 4 members (excludes halogenated alkanes) is 1. The summed E-state index contributed by atoms with van der Waals surface area (Å²) < 4.78 is 37.7. The fourth-order valence-electron chi connectivity index (χ4n) is 2.78. The summed E-state index contributed by atoms with van der Waals surface area (Å²) >= 11 is 0. The van der Waals surface area contributed by atoms with Gasteiger partial charge in [-0.25, -0.2) is 8.42 Å². The molecule has 0 spiro atoms. The lowest BCUT2D eigenvalue weighted by Crippen LogP contribution is -2.48. The molecule has 138 valence electrons. The van der Waals surface area contributed by atoms with Gasteiger partial charge in [-0.2, -0.15) is 4.31 Å². The van der Waals surface area contributed by atoms with Crippen molar-refractivity contribution in [3.8, 4) is 11.5 Å². The maximum atomic E-state index is 12.8. The monoisotopic (exact) mass is 368 g/mol. The van der Waals surface area contributed by atoms with Crippen molar-refractivity contribution < 1.29 is 17.3 Å².